The van der Waals surface area contributed by atoms with Crippen LogP contribution < -0.4 is 10.8 Å². The molecule has 0 saturated heterocycles. The van der Waals surface area contributed by atoms with Gasteiger partial charge in [-0.25, -0.2) is 0 Å². The molecule has 1 atom stereocenters. The molecule has 0 aliphatic carbocycles. The van der Waals surface area contributed by atoms with Crippen molar-refractivity contribution in [2.75, 3.05) is 0 Å². The van der Waals surface area contributed by atoms with E-state index < -0.39 is 12.0 Å². The molecule has 12 heavy (non-hydrogen) atoms. The normalized spacial score (nSPS) is 12.4. The van der Waals surface area contributed by atoms with Crippen LogP contribution in [0.5, 0.6) is 0 Å². The Morgan fingerprint density at radius 3 is 2.50 bits per heavy atom. The van der Waals surface area contributed by atoms with Crippen LogP contribution in [0.25, 0.3) is 0 Å². The molecule has 3 nitrogen and oxygen atoms in total. The van der Waals surface area contributed by atoms with Crippen LogP contribution in [0.1, 0.15) is 5.56 Å². The van der Waals surface area contributed by atoms with E-state index in [4.69, 9.17) is 5.73 Å². The third kappa shape index (κ3) is 2.36. The van der Waals surface area contributed by atoms with Gasteiger partial charge in [-0.1, -0.05) is 30.3 Å². The van der Waals surface area contributed by atoms with Gasteiger partial charge in [-0.05, 0) is 12.0 Å². The predicted molar refractivity (Wildman–Crippen MR) is 43.1 cm³/mol. The van der Waals surface area contributed by atoms with Crippen molar-refractivity contribution >= 4 is 5.97 Å². The highest BCUT2D eigenvalue weighted by Crippen LogP contribution is 2.00. The van der Waals surface area contributed by atoms with E-state index in [-0.39, 0.29) is 0 Å². The van der Waals surface area contributed by atoms with Crippen LogP contribution >= 0.6 is 0 Å². The van der Waals surface area contributed by atoms with Crippen LogP contribution in [-0.2, 0) is 11.2 Å². The maximum absolute atomic E-state index is 10.3. The first-order valence-electron chi connectivity index (χ1n) is 3.70. The fourth-order valence-electron chi connectivity index (χ4n) is 0.951. The number of hydrogen-bond donors (Lipinski definition) is 1. The summed E-state index contributed by atoms with van der Waals surface area (Å²) in [6.45, 7) is 0. The van der Waals surface area contributed by atoms with Gasteiger partial charge in [0.15, 0.2) is 0 Å². The lowest BCUT2D eigenvalue weighted by atomic mass is 10.1. The number of carbonyl (C=O) groups excluding carboxylic acids is 1. The Kier molecular flexibility index (Phi) is 2.82. The van der Waals surface area contributed by atoms with Crippen molar-refractivity contribution < 1.29 is 9.90 Å². The summed E-state index contributed by atoms with van der Waals surface area (Å²) >= 11 is 0. The van der Waals surface area contributed by atoms with E-state index in [9.17, 15) is 9.90 Å². The molecule has 1 rings (SSSR count). The first-order chi connectivity index (χ1) is 5.70. The highest BCUT2D eigenvalue weighted by atomic mass is 16.4. The zero-order valence-corrected chi connectivity index (χ0v) is 6.57. The SMILES string of the molecule is N[C@H](Cc1ccccc1)C(=O)[O-]. The lowest BCUT2D eigenvalue weighted by molar-refractivity contribution is -0.307. The van der Waals surface area contributed by atoms with E-state index in [1.54, 1.807) is 0 Å². The van der Waals surface area contributed by atoms with Crippen LogP contribution in [0.4, 0.5) is 0 Å². The van der Waals surface area contributed by atoms with Crippen molar-refractivity contribution in [2.45, 2.75) is 12.5 Å². The summed E-state index contributed by atoms with van der Waals surface area (Å²) < 4.78 is 0. The Hall–Kier alpha value is -1.35. The smallest absolute Gasteiger partial charge is 0.0585 e. The zero-order chi connectivity index (χ0) is 8.97. The molecule has 0 saturated carbocycles. The second-order valence-electron chi connectivity index (χ2n) is 2.62. The summed E-state index contributed by atoms with van der Waals surface area (Å²) in [5, 5.41) is 10.3. The monoisotopic (exact) mass is 164 g/mol. The maximum atomic E-state index is 10.3. The Morgan fingerprint density at radius 1 is 1.42 bits per heavy atom. The summed E-state index contributed by atoms with van der Waals surface area (Å²) in [4.78, 5) is 10.3. The third-order valence-corrected chi connectivity index (χ3v) is 1.60. The van der Waals surface area contributed by atoms with E-state index in [1.807, 2.05) is 30.3 Å². The van der Waals surface area contributed by atoms with Gasteiger partial charge in [0.1, 0.15) is 0 Å². The number of hydrogen-bond acceptors (Lipinski definition) is 3. The third-order valence-electron chi connectivity index (χ3n) is 1.60. The molecule has 0 fully saturated rings. The van der Waals surface area contributed by atoms with Gasteiger partial charge in [-0.3, -0.25) is 0 Å². The van der Waals surface area contributed by atoms with Crippen molar-refractivity contribution in [3.05, 3.63) is 35.9 Å². The lowest BCUT2D eigenvalue weighted by Crippen LogP contribution is -2.43. The fraction of sp³-hybridized carbons (Fsp3) is 0.222. The summed E-state index contributed by atoms with van der Waals surface area (Å²) in [5.74, 6) is -1.21. The zero-order valence-electron chi connectivity index (χ0n) is 6.57. The molecule has 0 aromatic heterocycles. The molecule has 0 heterocycles. The molecule has 1 aromatic rings. The van der Waals surface area contributed by atoms with Gasteiger partial charge in [-0.15, -0.1) is 0 Å². The Morgan fingerprint density at radius 2 is 2.00 bits per heavy atom. The molecule has 2 N–H and O–H groups in total. The molecule has 0 aliphatic heterocycles. The Balaban J connectivity index is 2.58. The first-order valence-corrected chi connectivity index (χ1v) is 3.70. The van der Waals surface area contributed by atoms with E-state index in [1.165, 1.54) is 0 Å². The maximum Gasteiger partial charge on any atom is 0.0585 e. The number of benzene rings is 1. The van der Waals surface area contributed by atoms with Crippen LogP contribution in [0, 0.1) is 0 Å². The van der Waals surface area contributed by atoms with Gasteiger partial charge in [-0.2, -0.15) is 0 Å². The van der Waals surface area contributed by atoms with E-state index in [0.29, 0.717) is 6.42 Å². The molecule has 0 unspecified atom stereocenters. The van der Waals surface area contributed by atoms with E-state index in [2.05, 4.69) is 0 Å². The Bertz CT molecular complexity index is 258. The minimum absolute atomic E-state index is 0.323. The second kappa shape index (κ2) is 3.88. The standard InChI is InChI=1S/C9H11NO2/c10-8(9(11)12)6-7-4-2-1-3-5-7/h1-5,8H,6,10H2,(H,11,12)/p-1/t8-/m1/s1. The number of carboxylic acid groups (broad SMARTS) is 1. The lowest BCUT2D eigenvalue weighted by Gasteiger charge is -2.11. The number of rotatable bonds is 3. The topological polar surface area (TPSA) is 66.2 Å². The molecular formula is C9H10NO2-. The molecule has 0 amide bonds. The number of carboxylic acids is 1. The average molecular weight is 164 g/mol. The largest absolute Gasteiger partial charge is 0.548 e. The van der Waals surface area contributed by atoms with Gasteiger partial charge in [0.2, 0.25) is 0 Å². The molecule has 0 radical (unpaired) electrons. The average Bonchev–Trinajstić information content (AvgIpc) is 2.06. The van der Waals surface area contributed by atoms with Gasteiger partial charge in [0.05, 0.1) is 5.97 Å². The summed E-state index contributed by atoms with van der Waals surface area (Å²) in [7, 11) is 0. The van der Waals surface area contributed by atoms with Crippen molar-refractivity contribution in [1.29, 1.82) is 0 Å². The van der Waals surface area contributed by atoms with Crippen molar-refractivity contribution in [1.82, 2.24) is 0 Å². The van der Waals surface area contributed by atoms with Gasteiger partial charge >= 0.3 is 0 Å². The van der Waals surface area contributed by atoms with Crippen LogP contribution in [0.15, 0.2) is 30.3 Å². The van der Waals surface area contributed by atoms with Crippen LogP contribution in [0.3, 0.4) is 0 Å². The quantitative estimate of drug-likeness (QED) is 0.642. The molecular weight excluding hydrogens is 154 g/mol. The van der Waals surface area contributed by atoms with Crippen molar-refractivity contribution in [2.24, 2.45) is 5.73 Å². The predicted octanol–water partition coefficient (Wildman–Crippen LogP) is -0.694. The highest BCUT2D eigenvalue weighted by Gasteiger charge is 2.03. The van der Waals surface area contributed by atoms with Crippen molar-refractivity contribution in [3.63, 3.8) is 0 Å². The number of aliphatic carboxylic acids is 1. The minimum Gasteiger partial charge on any atom is -0.548 e. The fourth-order valence-corrected chi connectivity index (χ4v) is 0.951. The Labute approximate surface area is 70.8 Å². The van der Waals surface area contributed by atoms with Gasteiger partial charge in [0, 0.05) is 6.04 Å². The van der Waals surface area contributed by atoms with Crippen LogP contribution in [-0.4, -0.2) is 12.0 Å². The molecule has 3 heteroatoms. The summed E-state index contributed by atoms with van der Waals surface area (Å²) in [6.07, 6.45) is 0.323. The van der Waals surface area contributed by atoms with Gasteiger partial charge < -0.3 is 15.6 Å². The van der Waals surface area contributed by atoms with E-state index in [0.717, 1.165) is 5.56 Å². The van der Waals surface area contributed by atoms with E-state index >= 15 is 0 Å². The van der Waals surface area contributed by atoms with Crippen LogP contribution in [0.2, 0.25) is 0 Å². The molecule has 1 aromatic carbocycles. The highest BCUT2D eigenvalue weighted by molar-refractivity contribution is 5.71. The van der Waals surface area contributed by atoms with Gasteiger partial charge in [0.25, 0.3) is 0 Å². The summed E-state index contributed by atoms with van der Waals surface area (Å²) in [5.41, 5.74) is 6.20. The molecule has 0 spiro atoms. The van der Waals surface area contributed by atoms with Crippen molar-refractivity contribution in [3.8, 4) is 0 Å². The summed E-state index contributed by atoms with van der Waals surface area (Å²) in [6, 6.07) is 8.32. The minimum atomic E-state index is -1.21. The molecule has 0 bridgehead atoms. The number of carbonyl (C=O) groups is 1. The molecule has 0 aliphatic rings. The second-order valence-corrected chi connectivity index (χ2v) is 2.62. The molecule has 64 valence electrons. The first kappa shape index (κ1) is 8.74. The number of nitrogens with two attached hydrogens (primary N) is 1.